The lowest BCUT2D eigenvalue weighted by Crippen LogP contribution is -2.40. The number of nitrogens with zero attached hydrogens (tertiary/aromatic N) is 1. The van der Waals surface area contributed by atoms with Crippen molar-refractivity contribution in [1.82, 2.24) is 10.2 Å². The first-order valence-electron chi connectivity index (χ1n) is 5.16. The van der Waals surface area contributed by atoms with E-state index in [4.69, 9.17) is 0 Å². The van der Waals surface area contributed by atoms with E-state index in [-0.39, 0.29) is 0 Å². The molecule has 1 rings (SSSR count). The summed E-state index contributed by atoms with van der Waals surface area (Å²) < 4.78 is 0. The van der Waals surface area contributed by atoms with Gasteiger partial charge in [0.25, 0.3) is 0 Å². The summed E-state index contributed by atoms with van der Waals surface area (Å²) >= 11 is 0. The summed E-state index contributed by atoms with van der Waals surface area (Å²) in [4.78, 5) is 2.43. The normalized spacial score (nSPS) is 24.2. The highest BCUT2D eigenvalue weighted by atomic mass is 15.1. The summed E-state index contributed by atoms with van der Waals surface area (Å²) in [5.41, 5.74) is 0. The molecule has 1 atom stereocenters. The largest absolute Gasteiger partial charge is 0.314 e. The van der Waals surface area contributed by atoms with Gasteiger partial charge in [0.05, 0.1) is 0 Å². The summed E-state index contributed by atoms with van der Waals surface area (Å²) in [5.74, 6) is 0.904. The van der Waals surface area contributed by atoms with E-state index in [2.05, 4.69) is 31.1 Å². The predicted octanol–water partition coefficient (Wildman–Crippen LogP) is 1.33. The van der Waals surface area contributed by atoms with Crippen LogP contribution in [-0.4, -0.2) is 37.6 Å². The molecule has 0 bridgehead atoms. The molecule has 0 aromatic heterocycles. The van der Waals surface area contributed by atoms with Crippen LogP contribution in [0.15, 0.2) is 0 Å². The Hall–Kier alpha value is -0.0800. The quantitative estimate of drug-likeness (QED) is 0.687. The van der Waals surface area contributed by atoms with Crippen LogP contribution in [0.5, 0.6) is 0 Å². The van der Waals surface area contributed by atoms with Crippen LogP contribution in [0.4, 0.5) is 0 Å². The van der Waals surface area contributed by atoms with E-state index in [1.165, 1.54) is 25.9 Å². The van der Waals surface area contributed by atoms with E-state index in [0.29, 0.717) is 6.04 Å². The van der Waals surface area contributed by atoms with Gasteiger partial charge in [0.2, 0.25) is 0 Å². The molecular formula is C10H22N2. The zero-order valence-electron chi connectivity index (χ0n) is 8.64. The van der Waals surface area contributed by atoms with Gasteiger partial charge in [0, 0.05) is 6.04 Å². The maximum atomic E-state index is 3.51. The van der Waals surface area contributed by atoms with E-state index >= 15 is 0 Å². The third-order valence-electron chi connectivity index (χ3n) is 3.00. The molecule has 0 aromatic rings. The first-order valence-corrected chi connectivity index (χ1v) is 5.16. The monoisotopic (exact) mass is 170 g/mol. The van der Waals surface area contributed by atoms with Gasteiger partial charge in [-0.25, -0.2) is 0 Å². The Bertz CT molecular complexity index is 117. The minimum absolute atomic E-state index is 0.712. The number of hydrogen-bond donors (Lipinski definition) is 1. The molecule has 2 nitrogen and oxygen atoms in total. The SMILES string of the molecule is CCNC(C)C1CCN(C)CC1. The highest BCUT2D eigenvalue weighted by Crippen LogP contribution is 2.19. The average molecular weight is 170 g/mol. The molecule has 1 aliphatic rings. The van der Waals surface area contributed by atoms with Crippen molar-refractivity contribution in [2.75, 3.05) is 26.7 Å². The molecule has 2 heteroatoms. The van der Waals surface area contributed by atoms with Crippen molar-refractivity contribution in [2.24, 2.45) is 5.92 Å². The first kappa shape index (κ1) is 10.0. The van der Waals surface area contributed by atoms with E-state index in [1.807, 2.05) is 0 Å². The molecule has 12 heavy (non-hydrogen) atoms. The Morgan fingerprint density at radius 1 is 1.42 bits per heavy atom. The van der Waals surface area contributed by atoms with Gasteiger partial charge in [-0.2, -0.15) is 0 Å². The third kappa shape index (κ3) is 2.76. The molecule has 0 aliphatic carbocycles. The molecule has 1 fully saturated rings. The smallest absolute Gasteiger partial charge is 0.00678 e. The maximum absolute atomic E-state index is 3.51. The van der Waals surface area contributed by atoms with Gasteiger partial charge in [-0.15, -0.1) is 0 Å². The Morgan fingerprint density at radius 3 is 2.50 bits per heavy atom. The van der Waals surface area contributed by atoms with E-state index in [1.54, 1.807) is 0 Å². The molecule has 0 radical (unpaired) electrons. The van der Waals surface area contributed by atoms with Crippen LogP contribution in [0.25, 0.3) is 0 Å². The van der Waals surface area contributed by atoms with Crippen LogP contribution in [0.2, 0.25) is 0 Å². The van der Waals surface area contributed by atoms with Crippen molar-refractivity contribution < 1.29 is 0 Å². The molecule has 1 heterocycles. The summed E-state index contributed by atoms with van der Waals surface area (Å²) in [7, 11) is 2.22. The molecule has 0 spiro atoms. The van der Waals surface area contributed by atoms with Crippen molar-refractivity contribution in [3.05, 3.63) is 0 Å². The minimum Gasteiger partial charge on any atom is -0.314 e. The van der Waals surface area contributed by atoms with Gasteiger partial charge in [-0.1, -0.05) is 6.92 Å². The van der Waals surface area contributed by atoms with Gasteiger partial charge in [-0.3, -0.25) is 0 Å². The van der Waals surface area contributed by atoms with Crippen molar-refractivity contribution in [3.63, 3.8) is 0 Å². The number of rotatable bonds is 3. The molecule has 1 N–H and O–H groups in total. The minimum atomic E-state index is 0.712. The van der Waals surface area contributed by atoms with Crippen molar-refractivity contribution in [3.8, 4) is 0 Å². The molecule has 0 saturated carbocycles. The van der Waals surface area contributed by atoms with Crippen molar-refractivity contribution >= 4 is 0 Å². The van der Waals surface area contributed by atoms with Crippen LogP contribution in [-0.2, 0) is 0 Å². The fourth-order valence-electron chi connectivity index (χ4n) is 2.02. The Balaban J connectivity index is 2.24. The van der Waals surface area contributed by atoms with Gasteiger partial charge in [0.15, 0.2) is 0 Å². The van der Waals surface area contributed by atoms with Crippen LogP contribution in [0.3, 0.4) is 0 Å². The van der Waals surface area contributed by atoms with E-state index in [0.717, 1.165) is 12.5 Å². The number of likely N-dealkylation sites (tertiary alicyclic amines) is 1. The Labute approximate surface area is 76.3 Å². The highest BCUT2D eigenvalue weighted by molar-refractivity contribution is 4.77. The van der Waals surface area contributed by atoms with Crippen molar-refractivity contribution in [2.45, 2.75) is 32.7 Å². The molecule has 0 aromatic carbocycles. The molecule has 1 unspecified atom stereocenters. The van der Waals surface area contributed by atoms with Gasteiger partial charge in [0.1, 0.15) is 0 Å². The molecule has 1 aliphatic heterocycles. The van der Waals surface area contributed by atoms with E-state index < -0.39 is 0 Å². The summed E-state index contributed by atoms with van der Waals surface area (Å²) in [6, 6.07) is 0.712. The lowest BCUT2D eigenvalue weighted by molar-refractivity contribution is 0.191. The van der Waals surface area contributed by atoms with Gasteiger partial charge in [-0.05, 0) is 52.4 Å². The number of hydrogen-bond acceptors (Lipinski definition) is 2. The van der Waals surface area contributed by atoms with Gasteiger partial charge >= 0.3 is 0 Å². The molecular weight excluding hydrogens is 148 g/mol. The fourth-order valence-corrected chi connectivity index (χ4v) is 2.02. The van der Waals surface area contributed by atoms with Crippen LogP contribution >= 0.6 is 0 Å². The second-order valence-corrected chi connectivity index (χ2v) is 3.99. The zero-order chi connectivity index (χ0) is 8.97. The Morgan fingerprint density at radius 2 is 2.00 bits per heavy atom. The topological polar surface area (TPSA) is 15.3 Å². The molecule has 1 saturated heterocycles. The molecule has 0 amide bonds. The maximum Gasteiger partial charge on any atom is 0.00678 e. The lowest BCUT2D eigenvalue weighted by atomic mass is 9.90. The van der Waals surface area contributed by atoms with Crippen LogP contribution < -0.4 is 5.32 Å². The number of nitrogens with one attached hydrogen (secondary N) is 1. The van der Waals surface area contributed by atoms with Crippen LogP contribution in [0, 0.1) is 5.92 Å². The Kier molecular flexibility index (Phi) is 4.02. The first-order chi connectivity index (χ1) is 5.74. The predicted molar refractivity (Wildman–Crippen MR) is 53.4 cm³/mol. The second-order valence-electron chi connectivity index (χ2n) is 3.99. The average Bonchev–Trinajstić information content (AvgIpc) is 2.06. The van der Waals surface area contributed by atoms with Gasteiger partial charge < -0.3 is 10.2 Å². The number of piperidine rings is 1. The zero-order valence-corrected chi connectivity index (χ0v) is 8.64. The van der Waals surface area contributed by atoms with Crippen LogP contribution in [0.1, 0.15) is 26.7 Å². The summed E-state index contributed by atoms with van der Waals surface area (Å²) in [6.07, 6.45) is 2.73. The molecule has 72 valence electrons. The highest BCUT2D eigenvalue weighted by Gasteiger charge is 2.20. The fraction of sp³-hybridized carbons (Fsp3) is 1.00. The summed E-state index contributed by atoms with van der Waals surface area (Å²) in [6.45, 7) is 8.17. The lowest BCUT2D eigenvalue weighted by Gasteiger charge is -2.32. The van der Waals surface area contributed by atoms with Crippen molar-refractivity contribution in [1.29, 1.82) is 0 Å². The summed E-state index contributed by atoms with van der Waals surface area (Å²) in [5, 5.41) is 3.51. The second kappa shape index (κ2) is 4.83. The van der Waals surface area contributed by atoms with E-state index in [9.17, 15) is 0 Å². The standard InChI is InChI=1S/C10H22N2/c1-4-11-9(2)10-5-7-12(3)8-6-10/h9-11H,4-8H2,1-3H3. The third-order valence-corrected chi connectivity index (χ3v) is 3.00.